The number of carboxylic acids is 1. The Balaban J connectivity index is 1.97. The van der Waals surface area contributed by atoms with E-state index in [1.807, 2.05) is 30.0 Å². The first-order chi connectivity index (χ1) is 16.1. The number of allylic oxidation sites excluding steroid dienone is 3. The third kappa shape index (κ3) is 4.08. The van der Waals surface area contributed by atoms with E-state index >= 15 is 0 Å². The second kappa shape index (κ2) is 9.06. The van der Waals surface area contributed by atoms with Gasteiger partial charge in [-0.3, -0.25) is 9.59 Å². The Morgan fingerprint density at radius 3 is 2.62 bits per heavy atom. The molecule has 0 saturated heterocycles. The van der Waals surface area contributed by atoms with Crippen LogP contribution in [0, 0.1) is 5.41 Å². The molecule has 8 heteroatoms. The lowest BCUT2D eigenvalue weighted by atomic mass is 9.82. The number of hydrogen-bond acceptors (Lipinski definition) is 6. The summed E-state index contributed by atoms with van der Waals surface area (Å²) in [4.78, 5) is 28.2. The molecule has 2 heterocycles. The van der Waals surface area contributed by atoms with Gasteiger partial charge in [0.1, 0.15) is 6.61 Å². The van der Waals surface area contributed by atoms with Crippen molar-refractivity contribution in [1.29, 1.82) is 0 Å². The number of thioether (sulfide) groups is 1. The van der Waals surface area contributed by atoms with Crippen molar-refractivity contribution in [1.82, 2.24) is 4.90 Å². The average molecular weight is 486 g/mol. The van der Waals surface area contributed by atoms with E-state index in [0.29, 0.717) is 18.1 Å². The molecule has 3 atom stereocenters. The van der Waals surface area contributed by atoms with Crippen molar-refractivity contribution in [3.8, 4) is 11.5 Å². The quantitative estimate of drug-likeness (QED) is 0.647. The van der Waals surface area contributed by atoms with Crippen LogP contribution in [0.1, 0.15) is 45.6 Å². The van der Waals surface area contributed by atoms with Crippen LogP contribution < -0.4 is 9.47 Å². The van der Waals surface area contributed by atoms with E-state index in [2.05, 4.69) is 26.8 Å². The highest BCUT2D eigenvalue weighted by Gasteiger charge is 2.48. The summed E-state index contributed by atoms with van der Waals surface area (Å²) >= 11 is 1.34. The highest BCUT2D eigenvalue weighted by atomic mass is 32.2. The van der Waals surface area contributed by atoms with Crippen molar-refractivity contribution in [3.63, 3.8) is 0 Å². The molecule has 1 aromatic rings. The minimum Gasteiger partial charge on any atom is -0.498 e. The van der Waals surface area contributed by atoms with Gasteiger partial charge in [-0.05, 0) is 24.0 Å². The summed E-state index contributed by atoms with van der Waals surface area (Å²) < 4.78 is 17.2. The van der Waals surface area contributed by atoms with Gasteiger partial charge >= 0.3 is 5.97 Å². The molecule has 0 aromatic heterocycles. The predicted octanol–water partition coefficient (Wildman–Crippen LogP) is 4.71. The molecule has 3 aliphatic rings. The van der Waals surface area contributed by atoms with Crippen molar-refractivity contribution in [2.24, 2.45) is 5.41 Å². The molecule has 0 spiro atoms. The summed E-state index contributed by atoms with van der Waals surface area (Å²) in [5, 5.41) is 8.85. The van der Waals surface area contributed by atoms with Gasteiger partial charge in [-0.2, -0.15) is 0 Å². The number of carboxylic acid groups (broad SMARTS) is 1. The molecular formula is C26H31NO6S. The zero-order valence-corrected chi connectivity index (χ0v) is 21.2. The lowest BCUT2D eigenvalue weighted by Gasteiger charge is -2.46. The van der Waals surface area contributed by atoms with Crippen LogP contribution in [0.3, 0.4) is 0 Å². The van der Waals surface area contributed by atoms with Crippen molar-refractivity contribution in [2.75, 3.05) is 20.8 Å². The van der Waals surface area contributed by atoms with Crippen molar-refractivity contribution >= 4 is 23.6 Å². The Hall–Kier alpha value is -2.87. The SMILES string of the molecule is COc1cccc([C@@H]2C=C(C)C3=COC[C@@H](C(C)(C)C)N4C(=O)[C@@H](CC(=O)O)SC2=C34)c1OC. The van der Waals surface area contributed by atoms with Crippen molar-refractivity contribution < 1.29 is 28.9 Å². The van der Waals surface area contributed by atoms with E-state index in [4.69, 9.17) is 14.2 Å². The fourth-order valence-corrected chi connectivity index (χ4v) is 6.21. The number of aliphatic carboxylic acids is 1. The van der Waals surface area contributed by atoms with E-state index in [9.17, 15) is 14.7 Å². The summed E-state index contributed by atoms with van der Waals surface area (Å²) in [5.41, 5.74) is 3.26. The molecule has 2 aliphatic heterocycles. The normalized spacial score (nSPS) is 24.5. The van der Waals surface area contributed by atoms with Gasteiger partial charge in [0.2, 0.25) is 5.91 Å². The van der Waals surface area contributed by atoms with Crippen LogP contribution in [0.15, 0.2) is 52.3 Å². The number of carbonyl (C=O) groups excluding carboxylic acids is 1. The Labute approximate surface area is 204 Å². The highest BCUT2D eigenvalue weighted by molar-refractivity contribution is 8.04. The maximum Gasteiger partial charge on any atom is 0.305 e. The van der Waals surface area contributed by atoms with Gasteiger partial charge in [0.25, 0.3) is 0 Å². The summed E-state index contributed by atoms with van der Waals surface area (Å²) in [6.07, 6.45) is 3.62. The molecule has 1 aromatic carbocycles. The molecule has 0 fully saturated rings. The molecule has 0 bridgehead atoms. The minimum absolute atomic E-state index is 0.187. The van der Waals surface area contributed by atoms with E-state index in [1.165, 1.54) is 11.8 Å². The van der Waals surface area contributed by atoms with Gasteiger partial charge in [0, 0.05) is 22.0 Å². The smallest absolute Gasteiger partial charge is 0.305 e. The Morgan fingerprint density at radius 1 is 1.26 bits per heavy atom. The van der Waals surface area contributed by atoms with Crippen LogP contribution >= 0.6 is 11.8 Å². The zero-order valence-electron chi connectivity index (χ0n) is 20.4. The van der Waals surface area contributed by atoms with Crippen LogP contribution in [0.4, 0.5) is 0 Å². The van der Waals surface area contributed by atoms with Gasteiger partial charge in [-0.15, -0.1) is 11.8 Å². The van der Waals surface area contributed by atoms with Crippen LogP contribution in [-0.4, -0.2) is 54.0 Å². The van der Waals surface area contributed by atoms with Crippen LogP contribution in [0.5, 0.6) is 11.5 Å². The molecule has 0 radical (unpaired) electrons. The van der Waals surface area contributed by atoms with E-state index < -0.39 is 11.2 Å². The summed E-state index contributed by atoms with van der Waals surface area (Å²) in [7, 11) is 3.21. The Morgan fingerprint density at radius 2 is 2.00 bits per heavy atom. The van der Waals surface area contributed by atoms with Gasteiger partial charge < -0.3 is 24.2 Å². The number of rotatable bonds is 5. The van der Waals surface area contributed by atoms with Gasteiger partial charge in [0.05, 0.1) is 43.9 Å². The molecule has 0 saturated carbocycles. The third-order valence-electron chi connectivity index (χ3n) is 6.53. The molecule has 7 nitrogen and oxygen atoms in total. The fourth-order valence-electron chi connectivity index (χ4n) is 4.80. The molecule has 1 amide bonds. The standard InChI is InChI=1S/C26H31NO6S/c1-14-10-16(15-8-7-9-18(31-5)23(15)32-6)24-22-17(14)12-33-13-20(26(2,3)4)27(22)25(30)19(34-24)11-21(28)29/h7-10,12,16,19-20H,11,13H2,1-6H3,(H,28,29)/t16-,19+,20-/m0/s1. The van der Waals surface area contributed by atoms with Gasteiger partial charge in [0.15, 0.2) is 11.5 Å². The summed E-state index contributed by atoms with van der Waals surface area (Å²) in [6.45, 7) is 8.55. The topological polar surface area (TPSA) is 85.3 Å². The second-order valence-corrected chi connectivity index (χ2v) is 11.0. The predicted molar refractivity (Wildman–Crippen MR) is 131 cm³/mol. The number of ether oxygens (including phenoxy) is 3. The minimum atomic E-state index is -0.998. The third-order valence-corrected chi connectivity index (χ3v) is 7.88. The first-order valence-electron chi connectivity index (χ1n) is 11.3. The van der Waals surface area contributed by atoms with Gasteiger partial charge in [-0.1, -0.05) is 39.0 Å². The summed E-state index contributed by atoms with van der Waals surface area (Å²) in [6, 6.07) is 5.49. The maximum absolute atomic E-state index is 13.8. The molecule has 34 heavy (non-hydrogen) atoms. The van der Waals surface area contributed by atoms with Crippen LogP contribution in [0.25, 0.3) is 0 Å². The zero-order chi connectivity index (χ0) is 24.8. The molecule has 1 N–H and O–H groups in total. The summed E-state index contributed by atoms with van der Waals surface area (Å²) in [5.74, 6) is -0.176. The fraction of sp³-hybridized carbons (Fsp3) is 0.462. The van der Waals surface area contributed by atoms with E-state index in [0.717, 1.165) is 27.3 Å². The number of methoxy groups -OCH3 is 2. The molecule has 0 unspecified atom stereocenters. The number of amides is 1. The number of carbonyl (C=O) groups is 2. The Bertz CT molecular complexity index is 1110. The molecular weight excluding hydrogens is 454 g/mol. The maximum atomic E-state index is 13.8. The first kappa shape index (κ1) is 24.3. The van der Waals surface area contributed by atoms with Crippen molar-refractivity contribution in [2.45, 2.75) is 51.3 Å². The largest absolute Gasteiger partial charge is 0.498 e. The molecule has 1 aliphatic carbocycles. The highest BCUT2D eigenvalue weighted by Crippen LogP contribution is 2.54. The van der Waals surface area contributed by atoms with Crippen LogP contribution in [-0.2, 0) is 14.3 Å². The van der Waals surface area contributed by atoms with Crippen molar-refractivity contribution in [3.05, 3.63) is 57.8 Å². The molecule has 4 rings (SSSR count). The lowest BCUT2D eigenvalue weighted by Crippen LogP contribution is -2.54. The molecule has 182 valence electrons. The lowest BCUT2D eigenvalue weighted by molar-refractivity contribution is -0.141. The second-order valence-electron chi connectivity index (χ2n) is 9.78. The van der Waals surface area contributed by atoms with E-state index in [1.54, 1.807) is 20.5 Å². The van der Waals surface area contributed by atoms with Crippen LogP contribution in [0.2, 0.25) is 0 Å². The number of para-hydroxylation sites is 1. The van der Waals surface area contributed by atoms with E-state index in [-0.39, 0.29) is 29.7 Å². The number of benzene rings is 1. The average Bonchev–Trinajstić information content (AvgIpc) is 2.99. The first-order valence-corrected chi connectivity index (χ1v) is 12.1. The Kier molecular flexibility index (Phi) is 6.46. The number of hydrogen-bond donors (Lipinski definition) is 1. The number of nitrogens with zero attached hydrogens (tertiary/aromatic N) is 1. The monoisotopic (exact) mass is 485 g/mol. The van der Waals surface area contributed by atoms with Gasteiger partial charge in [-0.25, -0.2) is 0 Å².